The fraction of sp³-hybridized carbons (Fsp3) is 0.636. The molecule has 0 spiro atoms. The maximum atomic E-state index is 6.16. The van der Waals surface area contributed by atoms with Crippen molar-refractivity contribution in [1.29, 1.82) is 0 Å². The summed E-state index contributed by atoms with van der Waals surface area (Å²) < 4.78 is 7.31. The molecule has 0 saturated carbocycles. The van der Waals surface area contributed by atoms with Crippen LogP contribution in [-0.2, 0) is 11.3 Å². The molecule has 0 atom stereocenters. The van der Waals surface area contributed by atoms with Crippen LogP contribution in [0.15, 0.2) is 6.07 Å². The highest BCUT2D eigenvalue weighted by Crippen LogP contribution is 2.27. The van der Waals surface area contributed by atoms with Crippen LogP contribution in [0.25, 0.3) is 0 Å². The van der Waals surface area contributed by atoms with Gasteiger partial charge in [-0.25, -0.2) is 0 Å². The van der Waals surface area contributed by atoms with Gasteiger partial charge in [-0.15, -0.1) is 0 Å². The summed E-state index contributed by atoms with van der Waals surface area (Å²) in [6.45, 7) is 8.00. The summed E-state index contributed by atoms with van der Waals surface area (Å²) in [6.07, 6.45) is 0. The summed E-state index contributed by atoms with van der Waals surface area (Å²) in [4.78, 5) is 0. The van der Waals surface area contributed by atoms with E-state index < -0.39 is 0 Å². The number of hydrogen-bond donors (Lipinski definition) is 0. The first-order valence-corrected chi connectivity index (χ1v) is 5.30. The highest BCUT2D eigenvalue weighted by atomic mass is 35.5. The molecule has 2 nitrogen and oxygen atoms in total. The summed E-state index contributed by atoms with van der Waals surface area (Å²) in [5.74, 6) is 0.452. The molecule has 80 valence electrons. The molecule has 0 fully saturated rings. The molecule has 0 unspecified atom stereocenters. The van der Waals surface area contributed by atoms with Crippen LogP contribution in [0.2, 0.25) is 5.02 Å². The normalized spacial score (nSPS) is 11.3. The van der Waals surface area contributed by atoms with Gasteiger partial charge >= 0.3 is 0 Å². The predicted octanol–water partition coefficient (Wildman–Crippen LogP) is 3.22. The fourth-order valence-electron chi connectivity index (χ4n) is 1.72. The van der Waals surface area contributed by atoms with Crippen LogP contribution in [0.3, 0.4) is 0 Å². The van der Waals surface area contributed by atoms with E-state index in [2.05, 4.69) is 25.3 Å². The molecular formula is C11H18ClNO. The molecule has 1 aromatic rings. The molecule has 0 aliphatic rings. The molecule has 0 radical (unpaired) electrons. The standard InChI is InChI=1S/C11H18ClNO/c1-8(2)11-10(12)7-9(3)13(11)5-6-14-4/h7-8H,5-6H2,1-4H3. The van der Waals surface area contributed by atoms with E-state index in [-0.39, 0.29) is 0 Å². The Morgan fingerprint density at radius 2 is 2.14 bits per heavy atom. The van der Waals surface area contributed by atoms with E-state index in [9.17, 15) is 0 Å². The minimum Gasteiger partial charge on any atom is -0.383 e. The number of methoxy groups -OCH3 is 1. The van der Waals surface area contributed by atoms with Crippen LogP contribution in [0.4, 0.5) is 0 Å². The number of aromatic nitrogens is 1. The lowest BCUT2D eigenvalue weighted by atomic mass is 10.1. The number of ether oxygens (including phenoxy) is 1. The number of hydrogen-bond acceptors (Lipinski definition) is 1. The van der Waals surface area contributed by atoms with Gasteiger partial charge in [-0.05, 0) is 18.9 Å². The van der Waals surface area contributed by atoms with Crippen molar-refractivity contribution in [3.63, 3.8) is 0 Å². The highest BCUT2D eigenvalue weighted by molar-refractivity contribution is 6.31. The average molecular weight is 216 g/mol. The van der Waals surface area contributed by atoms with E-state index in [4.69, 9.17) is 16.3 Å². The largest absolute Gasteiger partial charge is 0.383 e. The van der Waals surface area contributed by atoms with Gasteiger partial charge in [0.15, 0.2) is 0 Å². The van der Waals surface area contributed by atoms with E-state index in [0.717, 1.165) is 18.2 Å². The Morgan fingerprint density at radius 3 is 2.64 bits per heavy atom. The second-order valence-electron chi connectivity index (χ2n) is 3.82. The van der Waals surface area contributed by atoms with Crippen LogP contribution in [0.5, 0.6) is 0 Å². The van der Waals surface area contributed by atoms with Gasteiger partial charge in [0, 0.05) is 25.0 Å². The molecule has 14 heavy (non-hydrogen) atoms. The Balaban J connectivity index is 2.99. The predicted molar refractivity (Wildman–Crippen MR) is 60.1 cm³/mol. The summed E-state index contributed by atoms with van der Waals surface area (Å²) in [6, 6.07) is 2.02. The molecule has 0 amide bonds. The molecule has 3 heteroatoms. The quantitative estimate of drug-likeness (QED) is 0.753. The number of aryl methyl sites for hydroxylation is 1. The first-order chi connectivity index (χ1) is 6.57. The molecule has 0 aliphatic carbocycles. The lowest BCUT2D eigenvalue weighted by molar-refractivity contribution is 0.185. The second-order valence-corrected chi connectivity index (χ2v) is 4.23. The van der Waals surface area contributed by atoms with E-state index in [1.54, 1.807) is 7.11 Å². The third-order valence-electron chi connectivity index (χ3n) is 2.36. The SMILES string of the molecule is COCCn1c(C)cc(Cl)c1C(C)C. The smallest absolute Gasteiger partial charge is 0.0641 e. The average Bonchev–Trinajstić information content (AvgIpc) is 2.37. The zero-order chi connectivity index (χ0) is 10.7. The van der Waals surface area contributed by atoms with Crippen LogP contribution < -0.4 is 0 Å². The number of nitrogens with zero attached hydrogens (tertiary/aromatic N) is 1. The van der Waals surface area contributed by atoms with Crippen LogP contribution in [0, 0.1) is 6.92 Å². The second kappa shape index (κ2) is 4.85. The van der Waals surface area contributed by atoms with Crippen molar-refractivity contribution in [2.75, 3.05) is 13.7 Å². The zero-order valence-electron chi connectivity index (χ0n) is 9.30. The van der Waals surface area contributed by atoms with Crippen molar-refractivity contribution in [3.8, 4) is 0 Å². The maximum Gasteiger partial charge on any atom is 0.0641 e. The minimum atomic E-state index is 0.452. The van der Waals surface area contributed by atoms with Crippen molar-refractivity contribution >= 4 is 11.6 Å². The molecule has 1 aromatic heterocycles. The van der Waals surface area contributed by atoms with E-state index >= 15 is 0 Å². The monoisotopic (exact) mass is 215 g/mol. The van der Waals surface area contributed by atoms with Crippen LogP contribution in [0.1, 0.15) is 31.2 Å². The summed E-state index contributed by atoms with van der Waals surface area (Å²) >= 11 is 6.16. The van der Waals surface area contributed by atoms with E-state index in [0.29, 0.717) is 5.92 Å². The van der Waals surface area contributed by atoms with Gasteiger partial charge in [-0.3, -0.25) is 0 Å². The molecule has 0 aliphatic heterocycles. The Labute approximate surface area is 90.8 Å². The Morgan fingerprint density at radius 1 is 1.50 bits per heavy atom. The van der Waals surface area contributed by atoms with Crippen molar-refractivity contribution in [1.82, 2.24) is 4.57 Å². The lowest BCUT2D eigenvalue weighted by Crippen LogP contribution is -2.10. The molecule has 1 rings (SSSR count). The Hall–Kier alpha value is -0.470. The highest BCUT2D eigenvalue weighted by Gasteiger charge is 2.13. The van der Waals surface area contributed by atoms with Gasteiger partial charge in [0.05, 0.1) is 11.6 Å². The third-order valence-corrected chi connectivity index (χ3v) is 2.67. The third kappa shape index (κ3) is 2.31. The maximum absolute atomic E-state index is 6.16. The van der Waals surface area contributed by atoms with Gasteiger partial charge in [0.2, 0.25) is 0 Å². The summed E-state index contributed by atoms with van der Waals surface area (Å²) in [5.41, 5.74) is 2.41. The van der Waals surface area contributed by atoms with Gasteiger partial charge in [0.1, 0.15) is 0 Å². The zero-order valence-corrected chi connectivity index (χ0v) is 10.1. The first kappa shape index (κ1) is 11.6. The van der Waals surface area contributed by atoms with E-state index in [1.807, 2.05) is 6.07 Å². The van der Waals surface area contributed by atoms with E-state index in [1.165, 1.54) is 11.4 Å². The summed E-state index contributed by atoms with van der Waals surface area (Å²) in [7, 11) is 1.72. The molecule has 0 N–H and O–H groups in total. The van der Waals surface area contributed by atoms with Crippen LogP contribution >= 0.6 is 11.6 Å². The van der Waals surface area contributed by atoms with Gasteiger partial charge < -0.3 is 9.30 Å². The molecule has 0 aromatic carbocycles. The summed E-state index contributed by atoms with van der Waals surface area (Å²) in [5, 5.41) is 0.869. The van der Waals surface area contributed by atoms with Crippen molar-refractivity contribution in [3.05, 3.63) is 22.5 Å². The molecule has 0 bridgehead atoms. The Bertz CT molecular complexity index is 304. The number of rotatable bonds is 4. The molecular weight excluding hydrogens is 198 g/mol. The molecule has 0 saturated heterocycles. The van der Waals surface area contributed by atoms with Crippen molar-refractivity contribution in [2.45, 2.75) is 33.2 Å². The van der Waals surface area contributed by atoms with Crippen LogP contribution in [-0.4, -0.2) is 18.3 Å². The van der Waals surface area contributed by atoms with Gasteiger partial charge in [-0.1, -0.05) is 25.4 Å². The fourth-order valence-corrected chi connectivity index (χ4v) is 2.20. The lowest BCUT2D eigenvalue weighted by Gasteiger charge is -2.13. The van der Waals surface area contributed by atoms with Gasteiger partial charge in [0.25, 0.3) is 0 Å². The first-order valence-electron chi connectivity index (χ1n) is 4.92. The minimum absolute atomic E-state index is 0.452. The van der Waals surface area contributed by atoms with Crippen molar-refractivity contribution < 1.29 is 4.74 Å². The number of halogens is 1. The Kier molecular flexibility index (Phi) is 4.02. The topological polar surface area (TPSA) is 14.2 Å². The van der Waals surface area contributed by atoms with Crippen molar-refractivity contribution in [2.24, 2.45) is 0 Å². The van der Waals surface area contributed by atoms with Gasteiger partial charge in [-0.2, -0.15) is 0 Å². The molecule has 1 heterocycles.